The molecule has 2 aromatic carbocycles. The predicted molar refractivity (Wildman–Crippen MR) is 91.0 cm³/mol. The summed E-state index contributed by atoms with van der Waals surface area (Å²) in [6, 6.07) is 21.2. The van der Waals surface area contributed by atoms with Gasteiger partial charge in [0.25, 0.3) is 0 Å². The van der Waals surface area contributed by atoms with Crippen molar-refractivity contribution < 1.29 is 19.7 Å². The highest BCUT2D eigenvalue weighted by Gasteiger charge is 2.14. The number of ether oxygens (including phenoxy) is 1. The highest BCUT2D eigenvalue weighted by molar-refractivity contribution is 5.53. The molecule has 2 rings (SSSR count). The third kappa shape index (κ3) is 8.02. The third-order valence-corrected chi connectivity index (χ3v) is 3.14. The lowest BCUT2D eigenvalue weighted by molar-refractivity contribution is 0.104. The van der Waals surface area contributed by atoms with Crippen molar-refractivity contribution in [2.24, 2.45) is 5.92 Å². The van der Waals surface area contributed by atoms with Crippen molar-refractivity contribution in [3.8, 4) is 0 Å². The minimum atomic E-state index is -1.83. The van der Waals surface area contributed by atoms with Gasteiger partial charge in [0.1, 0.15) is 0 Å². The summed E-state index contributed by atoms with van der Waals surface area (Å²) in [6.07, 6.45) is -1.83. The summed E-state index contributed by atoms with van der Waals surface area (Å²) in [4.78, 5) is 8.56. The van der Waals surface area contributed by atoms with Gasteiger partial charge in [-0.2, -0.15) is 0 Å². The zero-order valence-corrected chi connectivity index (χ0v) is 13.6. The fraction of sp³-hybridized carbons (Fsp3) is 0.316. The van der Waals surface area contributed by atoms with Gasteiger partial charge < -0.3 is 14.9 Å². The van der Waals surface area contributed by atoms with Gasteiger partial charge in [0, 0.05) is 12.5 Å². The Balaban J connectivity index is 0.000000593. The lowest BCUT2D eigenvalue weighted by Gasteiger charge is -2.19. The maximum absolute atomic E-state index is 8.56. The second-order valence-corrected chi connectivity index (χ2v) is 5.59. The van der Waals surface area contributed by atoms with Crippen LogP contribution >= 0.6 is 0 Å². The van der Waals surface area contributed by atoms with Crippen molar-refractivity contribution in [2.45, 2.75) is 19.8 Å². The Bertz CT molecular complexity index is 509. The zero-order valence-electron chi connectivity index (χ0n) is 13.6. The minimum Gasteiger partial charge on any atom is -0.450 e. The fourth-order valence-electron chi connectivity index (χ4n) is 2.18. The van der Waals surface area contributed by atoms with Crippen molar-refractivity contribution in [1.82, 2.24) is 0 Å². The molecule has 23 heavy (non-hydrogen) atoms. The van der Waals surface area contributed by atoms with E-state index in [1.54, 1.807) is 0 Å². The second-order valence-electron chi connectivity index (χ2n) is 5.59. The molecule has 0 saturated heterocycles. The molecule has 0 heterocycles. The van der Waals surface area contributed by atoms with Crippen molar-refractivity contribution in [3.05, 3.63) is 71.8 Å². The molecule has 0 radical (unpaired) electrons. The number of benzene rings is 2. The van der Waals surface area contributed by atoms with Gasteiger partial charge in [-0.3, -0.25) is 0 Å². The van der Waals surface area contributed by atoms with Gasteiger partial charge in [-0.1, -0.05) is 74.5 Å². The number of hydrogen-bond acceptors (Lipinski definition) is 2. The van der Waals surface area contributed by atoms with Gasteiger partial charge in [-0.15, -0.1) is 0 Å². The van der Waals surface area contributed by atoms with Crippen LogP contribution in [0.3, 0.4) is 0 Å². The first-order valence-corrected chi connectivity index (χ1v) is 7.60. The molecule has 0 amide bonds. The van der Waals surface area contributed by atoms with E-state index >= 15 is 0 Å². The van der Waals surface area contributed by atoms with Gasteiger partial charge in [-0.25, -0.2) is 4.79 Å². The van der Waals surface area contributed by atoms with E-state index in [9.17, 15) is 0 Å². The van der Waals surface area contributed by atoms with E-state index in [0.717, 1.165) is 13.2 Å². The summed E-state index contributed by atoms with van der Waals surface area (Å²) in [5.41, 5.74) is 2.63. The normalized spacial score (nSPS) is 10.3. The molecular weight excluding hydrogens is 292 g/mol. The van der Waals surface area contributed by atoms with Crippen molar-refractivity contribution in [1.29, 1.82) is 0 Å². The van der Waals surface area contributed by atoms with E-state index in [1.807, 2.05) is 0 Å². The highest BCUT2D eigenvalue weighted by Crippen LogP contribution is 2.24. The van der Waals surface area contributed by atoms with Crippen molar-refractivity contribution >= 4 is 6.16 Å². The maximum Gasteiger partial charge on any atom is 0.503 e. The van der Waals surface area contributed by atoms with Gasteiger partial charge in [0.2, 0.25) is 0 Å². The average Bonchev–Trinajstić information content (AvgIpc) is 2.52. The van der Waals surface area contributed by atoms with Crippen LogP contribution in [0.25, 0.3) is 0 Å². The molecule has 0 saturated carbocycles. The van der Waals surface area contributed by atoms with E-state index in [4.69, 9.17) is 19.7 Å². The summed E-state index contributed by atoms with van der Waals surface area (Å²) in [7, 11) is 0. The smallest absolute Gasteiger partial charge is 0.450 e. The molecule has 0 unspecified atom stereocenters. The Morgan fingerprint density at radius 1 is 0.870 bits per heavy atom. The molecule has 0 aromatic heterocycles. The molecule has 0 bridgehead atoms. The lowest BCUT2D eigenvalue weighted by atomic mass is 9.92. The number of rotatable bonds is 6. The van der Waals surface area contributed by atoms with Gasteiger partial charge in [0.15, 0.2) is 0 Å². The van der Waals surface area contributed by atoms with Crippen LogP contribution in [0.4, 0.5) is 4.79 Å². The predicted octanol–water partition coefficient (Wildman–Crippen LogP) is 4.71. The molecule has 4 heteroatoms. The minimum absolute atomic E-state index is 0.321. The monoisotopic (exact) mass is 316 g/mol. The molecular formula is C19H24O4. The van der Waals surface area contributed by atoms with Crippen LogP contribution in [0.1, 0.15) is 30.9 Å². The summed E-state index contributed by atoms with van der Waals surface area (Å²) in [6.45, 7) is 5.92. The Morgan fingerprint density at radius 3 is 1.61 bits per heavy atom. The fourth-order valence-corrected chi connectivity index (χ4v) is 2.18. The molecule has 0 aliphatic rings. The van der Waals surface area contributed by atoms with Gasteiger partial charge in [0.05, 0.1) is 6.61 Å². The molecule has 2 N–H and O–H groups in total. The molecule has 0 spiro atoms. The van der Waals surface area contributed by atoms with Crippen LogP contribution in [-0.2, 0) is 4.74 Å². The van der Waals surface area contributed by atoms with Crippen LogP contribution in [0.5, 0.6) is 0 Å². The third-order valence-electron chi connectivity index (χ3n) is 3.14. The highest BCUT2D eigenvalue weighted by atomic mass is 16.6. The average molecular weight is 316 g/mol. The summed E-state index contributed by atoms with van der Waals surface area (Å²) >= 11 is 0. The molecule has 0 aliphatic carbocycles. The number of carboxylic acid groups (broad SMARTS) is 2. The van der Waals surface area contributed by atoms with Crippen molar-refractivity contribution in [2.75, 3.05) is 13.2 Å². The number of hydrogen-bond donors (Lipinski definition) is 2. The van der Waals surface area contributed by atoms with Gasteiger partial charge in [-0.05, 0) is 17.0 Å². The summed E-state index contributed by atoms with van der Waals surface area (Å²) < 4.78 is 5.87. The Labute approximate surface area is 137 Å². The van der Waals surface area contributed by atoms with Crippen LogP contribution in [0.2, 0.25) is 0 Å². The van der Waals surface area contributed by atoms with E-state index in [0.29, 0.717) is 11.8 Å². The zero-order chi connectivity index (χ0) is 17.1. The second kappa shape index (κ2) is 10.4. The summed E-state index contributed by atoms with van der Waals surface area (Å²) in [5.74, 6) is 0.897. The molecule has 0 aliphatic heterocycles. The van der Waals surface area contributed by atoms with Crippen molar-refractivity contribution in [3.63, 3.8) is 0 Å². The first-order valence-electron chi connectivity index (χ1n) is 7.60. The van der Waals surface area contributed by atoms with E-state index in [1.165, 1.54) is 11.1 Å². The molecule has 4 nitrogen and oxygen atoms in total. The van der Waals surface area contributed by atoms with Crippen LogP contribution < -0.4 is 0 Å². The van der Waals surface area contributed by atoms with Crippen LogP contribution in [0.15, 0.2) is 60.7 Å². The Hall–Kier alpha value is -2.33. The van der Waals surface area contributed by atoms with E-state index in [2.05, 4.69) is 74.5 Å². The van der Waals surface area contributed by atoms with E-state index < -0.39 is 6.16 Å². The first-order chi connectivity index (χ1) is 11.0. The maximum atomic E-state index is 8.56. The standard InChI is InChI=1S/C18H22O.CH2O3/c1-15(2)13-19-14-18(16-9-5-3-6-10-16)17-11-7-4-8-12-17;2-1(3)4/h3-12,15,18H,13-14H2,1-2H3;(H2,2,3,4). The molecule has 0 atom stereocenters. The Kier molecular flexibility index (Phi) is 8.47. The molecule has 2 aromatic rings. The largest absolute Gasteiger partial charge is 0.503 e. The molecule has 124 valence electrons. The quantitative estimate of drug-likeness (QED) is 0.809. The number of carbonyl (C=O) groups is 1. The van der Waals surface area contributed by atoms with Crippen LogP contribution in [-0.4, -0.2) is 29.6 Å². The lowest BCUT2D eigenvalue weighted by Crippen LogP contribution is -2.12. The van der Waals surface area contributed by atoms with Crippen LogP contribution in [0, 0.1) is 5.92 Å². The summed E-state index contributed by atoms with van der Waals surface area (Å²) in [5, 5.41) is 13.9. The Morgan fingerprint density at radius 2 is 1.26 bits per heavy atom. The first kappa shape index (κ1) is 18.7. The molecule has 0 fully saturated rings. The topological polar surface area (TPSA) is 66.8 Å². The van der Waals surface area contributed by atoms with E-state index in [-0.39, 0.29) is 0 Å². The van der Waals surface area contributed by atoms with Gasteiger partial charge >= 0.3 is 6.16 Å². The SMILES string of the molecule is CC(C)COCC(c1ccccc1)c1ccccc1.O=C(O)O.